The summed E-state index contributed by atoms with van der Waals surface area (Å²) in [5.74, 6) is 6.27. The number of nitrogens with two attached hydrogens (primary N) is 1. The first-order valence-electron chi connectivity index (χ1n) is 4.75. The van der Waals surface area contributed by atoms with Gasteiger partial charge < -0.3 is 9.15 Å². The molecule has 0 aliphatic rings. The highest BCUT2D eigenvalue weighted by atomic mass is 16.5. The van der Waals surface area contributed by atoms with Gasteiger partial charge in [-0.1, -0.05) is 0 Å². The van der Waals surface area contributed by atoms with Gasteiger partial charge >= 0.3 is 0 Å². The minimum atomic E-state index is -0.388. The van der Waals surface area contributed by atoms with E-state index in [4.69, 9.17) is 15.0 Å². The van der Waals surface area contributed by atoms with Crippen molar-refractivity contribution in [2.24, 2.45) is 5.84 Å². The topological polar surface area (TPSA) is 60.4 Å². The number of hydrogen-bond donors (Lipinski definition) is 2. The second-order valence-electron chi connectivity index (χ2n) is 3.65. The molecular formula is C10H18N2O2. The highest BCUT2D eigenvalue weighted by Gasteiger charge is 2.32. The first-order chi connectivity index (χ1) is 6.61. The summed E-state index contributed by atoms with van der Waals surface area (Å²) >= 11 is 0. The van der Waals surface area contributed by atoms with Crippen molar-refractivity contribution in [1.82, 2.24) is 5.43 Å². The molecule has 0 aliphatic heterocycles. The standard InChI is InChI=1S/C10H18N2O2/c1-4-14-10(2,3)9(12-11)8-6-5-7-13-8/h5-7,9,12H,4,11H2,1-3H3. The Morgan fingerprint density at radius 2 is 2.36 bits per heavy atom. The molecule has 0 bridgehead atoms. The lowest BCUT2D eigenvalue weighted by Gasteiger charge is -2.32. The molecule has 0 amide bonds. The summed E-state index contributed by atoms with van der Waals surface area (Å²) in [5, 5.41) is 0. The molecule has 1 rings (SSSR count). The maximum Gasteiger partial charge on any atom is 0.124 e. The number of rotatable bonds is 5. The van der Waals surface area contributed by atoms with Crippen LogP contribution in [0, 0.1) is 0 Å². The lowest BCUT2D eigenvalue weighted by molar-refractivity contribution is -0.0440. The molecule has 80 valence electrons. The molecule has 0 fully saturated rings. The third-order valence-corrected chi connectivity index (χ3v) is 2.21. The third-order valence-electron chi connectivity index (χ3n) is 2.21. The summed E-state index contributed by atoms with van der Waals surface area (Å²) in [5.41, 5.74) is 2.32. The van der Waals surface area contributed by atoms with E-state index >= 15 is 0 Å². The van der Waals surface area contributed by atoms with Crippen LogP contribution in [-0.4, -0.2) is 12.2 Å². The van der Waals surface area contributed by atoms with Gasteiger partial charge in [0.2, 0.25) is 0 Å². The van der Waals surface area contributed by atoms with Crippen LogP contribution >= 0.6 is 0 Å². The molecule has 4 heteroatoms. The van der Waals surface area contributed by atoms with Gasteiger partial charge in [0.15, 0.2) is 0 Å². The zero-order chi connectivity index (χ0) is 10.6. The third kappa shape index (κ3) is 2.35. The van der Waals surface area contributed by atoms with Crippen molar-refractivity contribution in [1.29, 1.82) is 0 Å². The van der Waals surface area contributed by atoms with Gasteiger partial charge in [0.1, 0.15) is 11.8 Å². The average molecular weight is 198 g/mol. The van der Waals surface area contributed by atoms with Crippen LogP contribution in [0.1, 0.15) is 32.6 Å². The van der Waals surface area contributed by atoms with Gasteiger partial charge in [-0.3, -0.25) is 5.84 Å². The lowest BCUT2D eigenvalue weighted by atomic mass is 9.97. The molecule has 1 aromatic heterocycles. The SMILES string of the molecule is CCOC(C)(C)C(NN)c1ccco1. The molecule has 3 N–H and O–H groups in total. The van der Waals surface area contributed by atoms with E-state index in [1.165, 1.54) is 0 Å². The highest BCUT2D eigenvalue weighted by molar-refractivity contribution is 5.08. The monoisotopic (exact) mass is 198 g/mol. The Labute approximate surface area is 84.4 Å². The minimum absolute atomic E-state index is 0.141. The van der Waals surface area contributed by atoms with Gasteiger partial charge in [0.25, 0.3) is 0 Å². The van der Waals surface area contributed by atoms with E-state index in [2.05, 4.69) is 5.43 Å². The zero-order valence-corrected chi connectivity index (χ0v) is 8.91. The van der Waals surface area contributed by atoms with E-state index < -0.39 is 0 Å². The second kappa shape index (κ2) is 4.59. The summed E-state index contributed by atoms with van der Waals surface area (Å²) < 4.78 is 10.9. The van der Waals surface area contributed by atoms with Crippen molar-refractivity contribution >= 4 is 0 Å². The van der Waals surface area contributed by atoms with Crippen LogP contribution in [-0.2, 0) is 4.74 Å². The lowest BCUT2D eigenvalue weighted by Crippen LogP contribution is -2.44. The average Bonchev–Trinajstić information content (AvgIpc) is 2.57. The number of ether oxygens (including phenoxy) is 1. The predicted octanol–water partition coefficient (Wildman–Crippen LogP) is 1.60. The number of furan rings is 1. The van der Waals surface area contributed by atoms with E-state index in [-0.39, 0.29) is 11.6 Å². The van der Waals surface area contributed by atoms with Crippen LogP contribution in [0.4, 0.5) is 0 Å². The van der Waals surface area contributed by atoms with Gasteiger partial charge in [0, 0.05) is 6.61 Å². The molecule has 0 spiro atoms. The van der Waals surface area contributed by atoms with E-state index in [0.29, 0.717) is 6.61 Å². The van der Waals surface area contributed by atoms with Crippen LogP contribution in [0.15, 0.2) is 22.8 Å². The number of nitrogens with one attached hydrogen (secondary N) is 1. The van der Waals surface area contributed by atoms with Gasteiger partial charge in [-0.25, -0.2) is 5.43 Å². The Morgan fingerprint density at radius 3 is 2.79 bits per heavy atom. The smallest absolute Gasteiger partial charge is 0.124 e. The van der Waals surface area contributed by atoms with Crippen molar-refractivity contribution in [3.8, 4) is 0 Å². The molecule has 0 saturated carbocycles. The maximum absolute atomic E-state index is 5.60. The van der Waals surface area contributed by atoms with Gasteiger partial charge in [-0.2, -0.15) is 0 Å². The van der Waals surface area contributed by atoms with E-state index in [1.807, 2.05) is 32.9 Å². The van der Waals surface area contributed by atoms with E-state index in [0.717, 1.165) is 5.76 Å². The molecule has 0 aliphatic carbocycles. The van der Waals surface area contributed by atoms with Crippen molar-refractivity contribution in [2.45, 2.75) is 32.4 Å². The normalized spacial score (nSPS) is 14.3. The van der Waals surface area contributed by atoms with Crippen molar-refractivity contribution in [3.05, 3.63) is 24.2 Å². The molecule has 1 atom stereocenters. The Kier molecular flexibility index (Phi) is 3.69. The van der Waals surface area contributed by atoms with Crippen LogP contribution in [0.25, 0.3) is 0 Å². The molecule has 1 heterocycles. The minimum Gasteiger partial charge on any atom is -0.468 e. The number of hydrazine groups is 1. The Bertz CT molecular complexity index is 257. The fourth-order valence-electron chi connectivity index (χ4n) is 1.54. The van der Waals surface area contributed by atoms with Gasteiger partial charge in [0.05, 0.1) is 11.9 Å². The van der Waals surface area contributed by atoms with Crippen molar-refractivity contribution in [3.63, 3.8) is 0 Å². The molecule has 1 unspecified atom stereocenters. The molecule has 1 aromatic rings. The van der Waals surface area contributed by atoms with E-state index in [9.17, 15) is 0 Å². The van der Waals surface area contributed by atoms with Gasteiger partial charge in [-0.15, -0.1) is 0 Å². The van der Waals surface area contributed by atoms with Crippen LogP contribution in [0.3, 0.4) is 0 Å². The fraction of sp³-hybridized carbons (Fsp3) is 0.600. The fourth-order valence-corrected chi connectivity index (χ4v) is 1.54. The highest BCUT2D eigenvalue weighted by Crippen LogP contribution is 2.28. The van der Waals surface area contributed by atoms with Crippen LogP contribution in [0.5, 0.6) is 0 Å². The van der Waals surface area contributed by atoms with Crippen LogP contribution in [0.2, 0.25) is 0 Å². The molecule has 0 aromatic carbocycles. The first-order valence-corrected chi connectivity index (χ1v) is 4.75. The predicted molar refractivity (Wildman–Crippen MR) is 54.5 cm³/mol. The summed E-state index contributed by atoms with van der Waals surface area (Å²) in [6, 6.07) is 3.57. The molecular weight excluding hydrogens is 180 g/mol. The largest absolute Gasteiger partial charge is 0.468 e. The Hall–Kier alpha value is -0.840. The Morgan fingerprint density at radius 1 is 1.64 bits per heavy atom. The number of hydrogen-bond acceptors (Lipinski definition) is 4. The summed E-state index contributed by atoms with van der Waals surface area (Å²) in [4.78, 5) is 0. The molecule has 4 nitrogen and oxygen atoms in total. The maximum atomic E-state index is 5.60. The van der Waals surface area contributed by atoms with Crippen molar-refractivity contribution < 1.29 is 9.15 Å². The first kappa shape index (κ1) is 11.2. The summed E-state index contributed by atoms with van der Waals surface area (Å²) in [6.07, 6.45) is 1.63. The Balaban J connectivity index is 2.81. The van der Waals surface area contributed by atoms with Crippen LogP contribution < -0.4 is 11.3 Å². The summed E-state index contributed by atoms with van der Waals surface area (Å²) in [6.45, 7) is 6.55. The molecule has 0 radical (unpaired) electrons. The van der Waals surface area contributed by atoms with Gasteiger partial charge in [-0.05, 0) is 32.9 Å². The quantitative estimate of drug-likeness (QED) is 0.557. The zero-order valence-electron chi connectivity index (χ0n) is 8.91. The van der Waals surface area contributed by atoms with E-state index in [1.54, 1.807) is 6.26 Å². The second-order valence-corrected chi connectivity index (χ2v) is 3.65. The molecule has 14 heavy (non-hydrogen) atoms. The van der Waals surface area contributed by atoms with Crippen molar-refractivity contribution in [2.75, 3.05) is 6.61 Å². The molecule has 0 saturated heterocycles. The summed E-state index contributed by atoms with van der Waals surface area (Å²) in [7, 11) is 0.